The molecular weight excluding hydrogens is 380 g/mol. The molecule has 142 valence electrons. The van der Waals surface area contributed by atoms with Crippen molar-refractivity contribution in [2.75, 3.05) is 6.61 Å². The maximum atomic E-state index is 12.2. The van der Waals surface area contributed by atoms with E-state index in [9.17, 15) is 14.9 Å². The number of Topliss-reactive ketones (excluding diaryl/α,β-unsaturated/α-hetero) is 1. The minimum atomic E-state index is -1.06. The molecule has 2 aromatic heterocycles. The standard InChI is InChI=1S/C20H16N2O5S/c1-13-12-28-19(22-13)16(9-21)17(23)11-26-20(24)18-8-7-15(27-18)10-25-14-5-3-2-4-6-14/h2-8,12,16H,10-11H2,1H3/t16-/m1/s1. The predicted molar refractivity (Wildman–Crippen MR) is 100.0 cm³/mol. The number of nitrogens with zero attached hydrogens (tertiary/aromatic N) is 2. The minimum absolute atomic E-state index is 0.0435. The summed E-state index contributed by atoms with van der Waals surface area (Å²) < 4.78 is 15.9. The lowest BCUT2D eigenvalue weighted by atomic mass is 10.1. The summed E-state index contributed by atoms with van der Waals surface area (Å²) in [4.78, 5) is 28.4. The largest absolute Gasteiger partial charge is 0.486 e. The van der Waals surface area contributed by atoms with Crippen LogP contribution in [-0.4, -0.2) is 23.3 Å². The molecule has 0 N–H and O–H groups in total. The second-order valence-electron chi connectivity index (χ2n) is 5.80. The first-order valence-corrected chi connectivity index (χ1v) is 9.23. The zero-order chi connectivity index (χ0) is 19.9. The Kier molecular flexibility index (Phi) is 6.19. The quantitative estimate of drug-likeness (QED) is 0.535. The van der Waals surface area contributed by atoms with Gasteiger partial charge in [-0.05, 0) is 31.2 Å². The average Bonchev–Trinajstić information content (AvgIpc) is 3.35. The molecule has 0 spiro atoms. The number of aryl methyl sites for hydroxylation is 1. The summed E-state index contributed by atoms with van der Waals surface area (Å²) in [5, 5.41) is 11.4. The van der Waals surface area contributed by atoms with Gasteiger partial charge in [0, 0.05) is 11.1 Å². The van der Waals surface area contributed by atoms with E-state index in [0.717, 1.165) is 5.69 Å². The number of ketones is 1. The van der Waals surface area contributed by atoms with Gasteiger partial charge < -0.3 is 13.9 Å². The van der Waals surface area contributed by atoms with Crippen molar-refractivity contribution in [3.05, 3.63) is 70.1 Å². The Morgan fingerprint density at radius 1 is 1.25 bits per heavy atom. The van der Waals surface area contributed by atoms with E-state index in [1.54, 1.807) is 30.5 Å². The first-order chi connectivity index (χ1) is 13.6. The fourth-order valence-electron chi connectivity index (χ4n) is 2.30. The molecule has 0 aliphatic carbocycles. The van der Waals surface area contributed by atoms with Crippen LogP contribution < -0.4 is 4.74 Å². The maximum Gasteiger partial charge on any atom is 0.374 e. The number of thiazole rings is 1. The second-order valence-corrected chi connectivity index (χ2v) is 6.69. The van der Waals surface area contributed by atoms with Crippen LogP contribution in [0.4, 0.5) is 0 Å². The molecule has 3 aromatic rings. The van der Waals surface area contributed by atoms with E-state index >= 15 is 0 Å². The Labute approximate surface area is 165 Å². The number of hydrogen-bond acceptors (Lipinski definition) is 8. The van der Waals surface area contributed by atoms with Crippen molar-refractivity contribution < 1.29 is 23.5 Å². The summed E-state index contributed by atoms with van der Waals surface area (Å²) in [5.74, 6) is -1.31. The van der Waals surface area contributed by atoms with E-state index in [4.69, 9.17) is 13.9 Å². The molecule has 1 atom stereocenters. The minimum Gasteiger partial charge on any atom is -0.486 e. The molecule has 1 aromatic carbocycles. The number of nitriles is 1. The molecule has 3 rings (SSSR count). The number of rotatable bonds is 8. The van der Waals surface area contributed by atoms with Gasteiger partial charge in [0.2, 0.25) is 5.76 Å². The van der Waals surface area contributed by atoms with Crippen molar-refractivity contribution in [1.82, 2.24) is 4.98 Å². The van der Waals surface area contributed by atoms with Gasteiger partial charge in [-0.2, -0.15) is 5.26 Å². The Hall–Kier alpha value is -3.44. The molecule has 0 aliphatic rings. The number of ether oxygens (including phenoxy) is 2. The molecule has 0 saturated heterocycles. The van der Waals surface area contributed by atoms with Crippen molar-refractivity contribution >= 4 is 23.1 Å². The fourth-order valence-corrected chi connectivity index (χ4v) is 3.16. The van der Waals surface area contributed by atoms with Crippen LogP contribution in [0.3, 0.4) is 0 Å². The molecule has 7 nitrogen and oxygen atoms in total. The van der Waals surface area contributed by atoms with Crippen LogP contribution in [0, 0.1) is 18.3 Å². The first-order valence-electron chi connectivity index (χ1n) is 8.35. The Bertz CT molecular complexity index is 1000. The molecule has 8 heteroatoms. The number of carbonyl (C=O) groups is 2. The zero-order valence-corrected chi connectivity index (χ0v) is 15.8. The maximum absolute atomic E-state index is 12.2. The monoisotopic (exact) mass is 396 g/mol. The van der Waals surface area contributed by atoms with Crippen LogP contribution in [0.1, 0.15) is 32.9 Å². The van der Waals surface area contributed by atoms with E-state index in [2.05, 4.69) is 4.98 Å². The number of para-hydroxylation sites is 1. The van der Waals surface area contributed by atoms with E-state index < -0.39 is 24.3 Å². The number of hydrogen-bond donors (Lipinski definition) is 0. The van der Waals surface area contributed by atoms with Gasteiger partial charge in [0.25, 0.3) is 0 Å². The van der Waals surface area contributed by atoms with Crippen molar-refractivity contribution in [2.24, 2.45) is 0 Å². The Morgan fingerprint density at radius 3 is 2.71 bits per heavy atom. The SMILES string of the molecule is Cc1csc([C@H](C#N)C(=O)COC(=O)c2ccc(COc3ccccc3)o2)n1. The van der Waals surface area contributed by atoms with Crippen LogP contribution in [-0.2, 0) is 16.1 Å². The summed E-state index contributed by atoms with van der Waals surface area (Å²) in [6.07, 6.45) is 0. The van der Waals surface area contributed by atoms with Gasteiger partial charge in [-0.3, -0.25) is 4.79 Å². The van der Waals surface area contributed by atoms with Crippen LogP contribution in [0.5, 0.6) is 5.75 Å². The lowest BCUT2D eigenvalue weighted by Gasteiger charge is -2.06. The molecule has 0 saturated carbocycles. The third-order valence-corrected chi connectivity index (χ3v) is 4.69. The van der Waals surface area contributed by atoms with Crippen LogP contribution in [0.2, 0.25) is 0 Å². The van der Waals surface area contributed by atoms with Gasteiger partial charge in [-0.15, -0.1) is 11.3 Å². The molecule has 0 fully saturated rings. The predicted octanol–water partition coefficient (Wildman–Crippen LogP) is 3.66. The summed E-state index contributed by atoms with van der Waals surface area (Å²) in [6, 6.07) is 14.1. The highest BCUT2D eigenvalue weighted by molar-refractivity contribution is 7.09. The smallest absolute Gasteiger partial charge is 0.374 e. The van der Waals surface area contributed by atoms with Gasteiger partial charge in [-0.1, -0.05) is 18.2 Å². The Morgan fingerprint density at radius 2 is 2.04 bits per heavy atom. The van der Waals surface area contributed by atoms with Crippen LogP contribution in [0.25, 0.3) is 0 Å². The first kappa shape index (κ1) is 19.3. The average molecular weight is 396 g/mol. The third-order valence-electron chi connectivity index (χ3n) is 3.67. The molecule has 0 aliphatic heterocycles. The Balaban J connectivity index is 1.53. The molecule has 0 unspecified atom stereocenters. The normalized spacial score (nSPS) is 11.4. The number of esters is 1. The summed E-state index contributed by atoms with van der Waals surface area (Å²) >= 11 is 1.22. The number of carbonyl (C=O) groups excluding carboxylic acids is 2. The van der Waals surface area contributed by atoms with Crippen molar-refractivity contribution in [1.29, 1.82) is 5.26 Å². The molecular formula is C20H16N2O5S. The van der Waals surface area contributed by atoms with E-state index in [-0.39, 0.29) is 12.4 Å². The molecule has 2 heterocycles. The van der Waals surface area contributed by atoms with Crippen molar-refractivity contribution in [3.63, 3.8) is 0 Å². The molecule has 0 amide bonds. The van der Waals surface area contributed by atoms with Gasteiger partial charge in [-0.25, -0.2) is 9.78 Å². The highest BCUT2D eigenvalue weighted by Crippen LogP contribution is 2.21. The summed E-state index contributed by atoms with van der Waals surface area (Å²) in [6.45, 7) is 1.39. The summed E-state index contributed by atoms with van der Waals surface area (Å²) in [7, 11) is 0. The van der Waals surface area contributed by atoms with Gasteiger partial charge >= 0.3 is 5.97 Å². The lowest BCUT2D eigenvalue weighted by molar-refractivity contribution is -0.122. The van der Waals surface area contributed by atoms with Gasteiger partial charge in [0.05, 0.1) is 6.07 Å². The zero-order valence-electron chi connectivity index (χ0n) is 15.0. The number of benzene rings is 1. The number of furan rings is 1. The molecule has 28 heavy (non-hydrogen) atoms. The third kappa shape index (κ3) is 4.84. The van der Waals surface area contributed by atoms with Crippen molar-refractivity contribution in [3.8, 4) is 11.8 Å². The highest BCUT2D eigenvalue weighted by Gasteiger charge is 2.25. The fraction of sp³-hybridized carbons (Fsp3) is 0.200. The van der Waals surface area contributed by atoms with E-state index in [1.165, 1.54) is 17.4 Å². The van der Waals surface area contributed by atoms with Gasteiger partial charge in [0.15, 0.2) is 18.3 Å². The second kappa shape index (κ2) is 8.97. The summed E-state index contributed by atoms with van der Waals surface area (Å²) in [5.41, 5.74) is 0.728. The topological polar surface area (TPSA) is 102 Å². The molecule has 0 bridgehead atoms. The van der Waals surface area contributed by atoms with Crippen LogP contribution in [0.15, 0.2) is 52.3 Å². The lowest BCUT2D eigenvalue weighted by Crippen LogP contribution is -2.19. The molecule has 0 radical (unpaired) electrons. The number of aromatic nitrogens is 1. The van der Waals surface area contributed by atoms with Crippen LogP contribution >= 0.6 is 11.3 Å². The van der Waals surface area contributed by atoms with Gasteiger partial charge in [0.1, 0.15) is 23.1 Å². The van der Waals surface area contributed by atoms with E-state index in [0.29, 0.717) is 16.5 Å². The highest BCUT2D eigenvalue weighted by atomic mass is 32.1. The van der Waals surface area contributed by atoms with Crippen molar-refractivity contribution in [2.45, 2.75) is 19.4 Å². The van der Waals surface area contributed by atoms with E-state index in [1.807, 2.05) is 24.3 Å².